The Morgan fingerprint density at radius 1 is 1.29 bits per heavy atom. The molecule has 0 saturated carbocycles. The summed E-state index contributed by atoms with van der Waals surface area (Å²) >= 11 is 0. The van der Waals surface area contributed by atoms with E-state index in [1.165, 1.54) is 6.20 Å². The molecule has 2 N–H and O–H groups in total. The van der Waals surface area contributed by atoms with Crippen molar-refractivity contribution < 1.29 is 9.53 Å². The van der Waals surface area contributed by atoms with Crippen LogP contribution in [0.25, 0.3) is 27.9 Å². The number of hydrogen-bond donors (Lipinski definition) is 2. The van der Waals surface area contributed by atoms with Crippen LogP contribution in [0.3, 0.4) is 0 Å². The molecule has 5 heterocycles. The lowest BCUT2D eigenvalue weighted by atomic mass is 10.1. The van der Waals surface area contributed by atoms with E-state index in [1.807, 2.05) is 25.2 Å². The molecule has 0 radical (unpaired) electrons. The third-order valence-electron chi connectivity index (χ3n) is 5.08. The van der Waals surface area contributed by atoms with Gasteiger partial charge < -0.3 is 19.9 Å². The molecule has 0 aliphatic carbocycles. The minimum atomic E-state index is -0.225. The van der Waals surface area contributed by atoms with Gasteiger partial charge in [0.2, 0.25) is 0 Å². The van der Waals surface area contributed by atoms with Gasteiger partial charge in [-0.3, -0.25) is 4.79 Å². The number of carbonyl (C=O) groups excluding carboxylic acids is 1. The van der Waals surface area contributed by atoms with Crippen molar-refractivity contribution in [1.29, 1.82) is 0 Å². The zero-order valence-corrected chi connectivity index (χ0v) is 15.5. The van der Waals surface area contributed by atoms with Crippen LogP contribution in [0, 0.1) is 0 Å². The largest absolute Gasteiger partial charge is 0.377 e. The Labute approximate surface area is 160 Å². The second-order valence-corrected chi connectivity index (χ2v) is 6.67. The van der Waals surface area contributed by atoms with Gasteiger partial charge in [0.15, 0.2) is 5.65 Å². The van der Waals surface area contributed by atoms with E-state index in [0.29, 0.717) is 24.4 Å². The highest BCUT2D eigenvalue weighted by atomic mass is 16.5. The summed E-state index contributed by atoms with van der Waals surface area (Å²) in [4.78, 5) is 21.6. The summed E-state index contributed by atoms with van der Waals surface area (Å²) in [7, 11) is 3.41. The Kier molecular flexibility index (Phi) is 3.76. The summed E-state index contributed by atoms with van der Waals surface area (Å²) in [5.41, 5.74) is 3.53. The molecule has 5 rings (SSSR count). The first-order valence-electron chi connectivity index (χ1n) is 9.03. The fraction of sp³-hybridized carbons (Fsp3) is 0.263. The van der Waals surface area contributed by atoms with Crippen LogP contribution < -0.4 is 10.6 Å². The van der Waals surface area contributed by atoms with Crippen LogP contribution in [0.15, 0.2) is 36.8 Å². The second-order valence-electron chi connectivity index (χ2n) is 6.67. The first-order chi connectivity index (χ1) is 13.7. The number of ether oxygens (including phenoxy) is 1. The van der Waals surface area contributed by atoms with E-state index >= 15 is 0 Å². The molecule has 0 bridgehead atoms. The number of anilines is 1. The molecule has 0 aromatic carbocycles. The van der Waals surface area contributed by atoms with Gasteiger partial charge in [-0.2, -0.15) is 9.61 Å². The van der Waals surface area contributed by atoms with Crippen LogP contribution in [-0.4, -0.2) is 57.4 Å². The van der Waals surface area contributed by atoms with Crippen molar-refractivity contribution in [3.8, 4) is 11.3 Å². The van der Waals surface area contributed by atoms with E-state index in [9.17, 15) is 4.79 Å². The van der Waals surface area contributed by atoms with Crippen LogP contribution in [0.1, 0.15) is 16.4 Å². The highest BCUT2D eigenvalue weighted by molar-refractivity contribution is 6.00. The minimum Gasteiger partial charge on any atom is -0.377 e. The Morgan fingerprint density at radius 3 is 2.86 bits per heavy atom. The molecule has 9 nitrogen and oxygen atoms in total. The minimum absolute atomic E-state index is 0.225. The molecule has 0 unspecified atom stereocenters. The molecule has 0 atom stereocenters. The first-order valence-corrected chi connectivity index (χ1v) is 9.03. The number of nitrogens with one attached hydrogen (secondary N) is 2. The second kappa shape index (κ2) is 6.31. The molecule has 1 saturated heterocycles. The average molecular weight is 377 g/mol. The zero-order valence-electron chi connectivity index (χ0n) is 15.5. The van der Waals surface area contributed by atoms with Crippen molar-refractivity contribution in [2.75, 3.05) is 32.6 Å². The quantitative estimate of drug-likeness (QED) is 0.562. The molecular formula is C19H19N7O2. The van der Waals surface area contributed by atoms with Crippen LogP contribution in [0.2, 0.25) is 0 Å². The molecule has 0 spiro atoms. The molecule has 1 amide bonds. The van der Waals surface area contributed by atoms with Gasteiger partial charge in [-0.1, -0.05) is 0 Å². The number of rotatable bonds is 4. The van der Waals surface area contributed by atoms with E-state index in [1.54, 1.807) is 17.8 Å². The van der Waals surface area contributed by atoms with Crippen molar-refractivity contribution in [1.82, 2.24) is 29.5 Å². The molecule has 142 valence electrons. The molecule has 1 aliphatic rings. The summed E-state index contributed by atoms with van der Waals surface area (Å²) in [6.07, 6.45) is 5.39. The Morgan fingerprint density at radius 2 is 2.14 bits per heavy atom. The summed E-state index contributed by atoms with van der Waals surface area (Å²) in [6.45, 7) is 1.36. The maximum Gasteiger partial charge on any atom is 0.256 e. The van der Waals surface area contributed by atoms with Crippen molar-refractivity contribution in [2.24, 2.45) is 0 Å². The SMILES string of the molecule is CNC(=O)c1cnn2c(NC)cc(-c3cn(C4COC4)c4ncccc34)nc12. The highest BCUT2D eigenvalue weighted by Crippen LogP contribution is 2.34. The summed E-state index contributed by atoms with van der Waals surface area (Å²) in [5.74, 6) is 0.518. The van der Waals surface area contributed by atoms with E-state index in [4.69, 9.17) is 9.72 Å². The van der Waals surface area contributed by atoms with Gasteiger partial charge in [-0.25, -0.2) is 9.97 Å². The van der Waals surface area contributed by atoms with E-state index < -0.39 is 0 Å². The molecular weight excluding hydrogens is 358 g/mol. The summed E-state index contributed by atoms with van der Waals surface area (Å²) in [5, 5.41) is 11.1. The van der Waals surface area contributed by atoms with Crippen LogP contribution >= 0.6 is 0 Å². The van der Waals surface area contributed by atoms with Gasteiger partial charge in [-0.05, 0) is 12.1 Å². The number of amides is 1. The first kappa shape index (κ1) is 16.7. The van der Waals surface area contributed by atoms with Gasteiger partial charge in [0.1, 0.15) is 17.0 Å². The van der Waals surface area contributed by atoms with Crippen molar-refractivity contribution in [2.45, 2.75) is 6.04 Å². The number of nitrogens with zero attached hydrogens (tertiary/aromatic N) is 5. The lowest BCUT2D eigenvalue weighted by Crippen LogP contribution is -2.30. The molecule has 4 aromatic rings. The maximum atomic E-state index is 12.2. The lowest BCUT2D eigenvalue weighted by Gasteiger charge is -2.27. The molecule has 1 aliphatic heterocycles. The predicted octanol–water partition coefficient (Wildman–Crippen LogP) is 1.72. The van der Waals surface area contributed by atoms with Crippen molar-refractivity contribution in [3.05, 3.63) is 42.4 Å². The van der Waals surface area contributed by atoms with Gasteiger partial charge in [0, 0.05) is 43.5 Å². The van der Waals surface area contributed by atoms with Crippen LogP contribution in [-0.2, 0) is 4.74 Å². The summed E-state index contributed by atoms with van der Waals surface area (Å²) in [6, 6.07) is 6.15. The van der Waals surface area contributed by atoms with Crippen molar-refractivity contribution >= 4 is 28.4 Å². The topological polar surface area (TPSA) is 98.4 Å². The van der Waals surface area contributed by atoms with E-state index in [0.717, 1.165) is 28.1 Å². The predicted molar refractivity (Wildman–Crippen MR) is 105 cm³/mol. The third kappa shape index (κ3) is 2.36. The Bertz CT molecular complexity index is 1210. The number of hydrogen-bond acceptors (Lipinski definition) is 6. The van der Waals surface area contributed by atoms with Gasteiger partial charge >= 0.3 is 0 Å². The molecule has 4 aromatic heterocycles. The molecule has 9 heteroatoms. The van der Waals surface area contributed by atoms with Gasteiger partial charge in [-0.15, -0.1) is 0 Å². The normalized spacial score (nSPS) is 14.4. The lowest BCUT2D eigenvalue weighted by molar-refractivity contribution is -0.0215. The average Bonchev–Trinajstić information content (AvgIpc) is 3.28. The fourth-order valence-corrected chi connectivity index (χ4v) is 3.52. The standard InChI is InChI=1S/C19H19N7O2/c1-20-16-6-15(24-18-13(19(27)21-2)7-23-26(16)18)14-8-25(11-9-28-10-11)17-12(14)4-3-5-22-17/h3-8,11,20H,9-10H2,1-2H3,(H,21,27). The third-order valence-corrected chi connectivity index (χ3v) is 5.08. The number of fused-ring (bicyclic) bond motifs is 2. The van der Waals surface area contributed by atoms with Crippen molar-refractivity contribution in [3.63, 3.8) is 0 Å². The van der Waals surface area contributed by atoms with Crippen LogP contribution in [0.4, 0.5) is 5.82 Å². The highest BCUT2D eigenvalue weighted by Gasteiger charge is 2.25. The van der Waals surface area contributed by atoms with E-state index in [2.05, 4.69) is 31.5 Å². The molecule has 28 heavy (non-hydrogen) atoms. The Hall–Kier alpha value is -3.46. The monoisotopic (exact) mass is 377 g/mol. The zero-order chi connectivity index (χ0) is 19.3. The molecule has 1 fully saturated rings. The number of aromatic nitrogens is 5. The maximum absolute atomic E-state index is 12.2. The fourth-order valence-electron chi connectivity index (χ4n) is 3.52. The van der Waals surface area contributed by atoms with Gasteiger partial charge in [0.25, 0.3) is 5.91 Å². The van der Waals surface area contributed by atoms with E-state index in [-0.39, 0.29) is 11.9 Å². The number of pyridine rings is 1. The summed E-state index contributed by atoms with van der Waals surface area (Å²) < 4.78 is 9.14. The van der Waals surface area contributed by atoms with Crippen LogP contribution in [0.5, 0.6) is 0 Å². The number of carbonyl (C=O) groups is 1. The smallest absolute Gasteiger partial charge is 0.256 e. The van der Waals surface area contributed by atoms with Gasteiger partial charge in [0.05, 0.1) is 31.1 Å². The Balaban J connectivity index is 1.76.